The molecule has 5 aromatic carbocycles. The van der Waals surface area contributed by atoms with Crippen molar-refractivity contribution in [2.45, 2.75) is 0 Å². The van der Waals surface area contributed by atoms with Gasteiger partial charge in [0.05, 0.1) is 27.5 Å². The molecule has 0 saturated carbocycles. The molecule has 0 atom stereocenters. The molecular formula is C33H20N4O. The second-order valence-corrected chi connectivity index (χ2v) is 8.41. The zero-order chi connectivity index (χ0) is 35.5. The van der Waals surface area contributed by atoms with Crippen molar-refractivity contribution < 1.29 is 20.9 Å². The first kappa shape index (κ1) is 12.3. The van der Waals surface area contributed by atoms with Crippen LogP contribution in [0.2, 0.25) is 0 Å². The molecule has 0 radical (unpaired) electrons. The fourth-order valence-electron chi connectivity index (χ4n) is 4.60. The Morgan fingerprint density at radius 2 is 1.18 bits per heavy atom. The van der Waals surface area contributed by atoms with Crippen LogP contribution >= 0.6 is 0 Å². The van der Waals surface area contributed by atoms with Gasteiger partial charge >= 0.3 is 0 Å². The molecule has 0 fully saturated rings. The third kappa shape index (κ3) is 3.15. The van der Waals surface area contributed by atoms with E-state index in [9.17, 15) is 1.37 Å². The zero-order valence-electron chi connectivity index (χ0n) is 31.3. The van der Waals surface area contributed by atoms with Crippen LogP contribution in [0.1, 0.15) is 16.4 Å². The Kier molecular flexibility index (Phi) is 2.63. The number of aromatic nitrogens is 4. The van der Waals surface area contributed by atoms with Gasteiger partial charge in [-0.2, -0.15) is 9.97 Å². The molecule has 3 aromatic heterocycles. The van der Waals surface area contributed by atoms with Crippen LogP contribution in [-0.2, 0) is 0 Å². The third-order valence-electron chi connectivity index (χ3n) is 6.24. The highest BCUT2D eigenvalue weighted by Gasteiger charge is 2.18. The maximum absolute atomic E-state index is 9.18. The summed E-state index contributed by atoms with van der Waals surface area (Å²) in [6, 6.07) is 8.07. The molecule has 0 unspecified atom stereocenters. The van der Waals surface area contributed by atoms with Crippen molar-refractivity contribution >= 4 is 43.7 Å². The lowest BCUT2D eigenvalue weighted by Crippen LogP contribution is -2.06. The summed E-state index contributed by atoms with van der Waals surface area (Å²) in [7, 11) is 0. The molecule has 0 N–H and O–H groups in total. The Hall–Kier alpha value is -5.29. The number of benzene rings is 5. The van der Waals surface area contributed by atoms with E-state index >= 15 is 0 Å². The summed E-state index contributed by atoms with van der Waals surface area (Å²) < 4.78 is 110. The fourth-order valence-corrected chi connectivity index (χ4v) is 4.60. The molecule has 178 valence electrons. The Labute approximate surface area is 234 Å². The van der Waals surface area contributed by atoms with Crippen LogP contribution in [0.3, 0.4) is 0 Å². The Balaban J connectivity index is 1.52. The summed E-state index contributed by atoms with van der Waals surface area (Å²) >= 11 is 0. The summed E-state index contributed by atoms with van der Waals surface area (Å²) in [6.45, 7) is 0. The van der Waals surface area contributed by atoms with Gasteiger partial charge in [-0.05, 0) is 30.3 Å². The average Bonchev–Trinajstić information content (AvgIpc) is 3.68. The number of furan rings is 1. The monoisotopic (exact) mass is 500 g/mol. The predicted molar refractivity (Wildman–Crippen MR) is 152 cm³/mol. The molecule has 0 aliphatic carbocycles. The molecule has 0 saturated heterocycles. The molecule has 5 nitrogen and oxygen atoms in total. The van der Waals surface area contributed by atoms with E-state index in [-0.39, 0.29) is 50.7 Å². The molecule has 0 aliphatic heterocycles. The number of nitrogens with zero attached hydrogens (tertiary/aromatic N) is 4. The van der Waals surface area contributed by atoms with Gasteiger partial charge < -0.3 is 4.42 Å². The first-order chi connectivity index (χ1) is 23.8. The van der Waals surface area contributed by atoms with E-state index in [1.54, 1.807) is 4.57 Å². The van der Waals surface area contributed by atoms with Crippen molar-refractivity contribution in [2.24, 2.45) is 0 Å². The molecule has 0 spiro atoms. The largest absolute Gasteiger partial charge is 0.456 e. The van der Waals surface area contributed by atoms with E-state index in [1.807, 2.05) is 48.5 Å². The van der Waals surface area contributed by atoms with E-state index in [1.165, 1.54) is 0 Å². The van der Waals surface area contributed by atoms with Crippen molar-refractivity contribution in [3.63, 3.8) is 0 Å². The van der Waals surface area contributed by atoms with Crippen LogP contribution < -0.4 is 0 Å². The van der Waals surface area contributed by atoms with Crippen LogP contribution in [0.5, 0.6) is 0 Å². The second kappa shape index (κ2) is 8.11. The van der Waals surface area contributed by atoms with Crippen molar-refractivity contribution in [3.05, 3.63) is 121 Å². The summed E-state index contributed by atoms with van der Waals surface area (Å²) in [5, 5.41) is 1.38. The highest BCUT2D eigenvalue weighted by Crippen LogP contribution is 2.34. The number of para-hydroxylation sites is 3. The molecule has 0 amide bonds. The molecular weight excluding hydrogens is 468 g/mol. The molecule has 8 rings (SSSR count). The van der Waals surface area contributed by atoms with Crippen molar-refractivity contribution in [1.82, 2.24) is 19.5 Å². The highest BCUT2D eigenvalue weighted by molar-refractivity contribution is 6.09. The Morgan fingerprint density at radius 1 is 0.553 bits per heavy atom. The molecule has 0 aliphatic rings. The van der Waals surface area contributed by atoms with Crippen LogP contribution in [-0.4, -0.2) is 19.5 Å². The van der Waals surface area contributed by atoms with E-state index in [4.69, 9.17) is 19.5 Å². The maximum Gasteiger partial charge on any atom is 0.238 e. The van der Waals surface area contributed by atoms with Crippen LogP contribution in [0.15, 0.2) is 125 Å². The van der Waals surface area contributed by atoms with Crippen LogP contribution in [0.4, 0.5) is 0 Å². The average molecular weight is 501 g/mol. The minimum absolute atomic E-state index is 0.0659. The SMILES string of the molecule is [2H]c1c([2H])c([2H])c(-c2nc(-c3c([2H])c([2H])c4c(oc5c([2H])c([2H])c([2H])c([2H])c54)c3[2H])nc(-n3c4ccccc4c4ccccc43)n2)c([2H])c1[2H]. The quantitative estimate of drug-likeness (QED) is 0.245. The van der Waals surface area contributed by atoms with E-state index < -0.39 is 72.5 Å². The lowest BCUT2D eigenvalue weighted by molar-refractivity contribution is 0.669. The first-order valence-corrected chi connectivity index (χ1v) is 11.6. The number of fused-ring (bicyclic) bond motifs is 6. The van der Waals surface area contributed by atoms with Crippen LogP contribution in [0, 0.1) is 0 Å². The summed E-state index contributed by atoms with van der Waals surface area (Å²) in [5.41, 5.74) is 0.0611. The molecule has 38 heavy (non-hydrogen) atoms. The molecule has 3 heterocycles. The Morgan fingerprint density at radius 3 is 1.95 bits per heavy atom. The lowest BCUT2D eigenvalue weighted by atomic mass is 10.1. The lowest BCUT2D eigenvalue weighted by Gasteiger charge is -2.10. The maximum atomic E-state index is 9.18. The van der Waals surface area contributed by atoms with Gasteiger partial charge in [0.1, 0.15) is 11.2 Å². The van der Waals surface area contributed by atoms with Gasteiger partial charge in [0, 0.05) is 32.7 Å². The van der Waals surface area contributed by atoms with Crippen molar-refractivity contribution in [2.75, 3.05) is 0 Å². The summed E-state index contributed by atoms with van der Waals surface area (Å²) in [5.74, 6) is -0.758. The van der Waals surface area contributed by atoms with Gasteiger partial charge in [0.15, 0.2) is 11.6 Å². The van der Waals surface area contributed by atoms with E-state index in [2.05, 4.69) is 15.0 Å². The van der Waals surface area contributed by atoms with Gasteiger partial charge in [0.25, 0.3) is 0 Å². The smallest absolute Gasteiger partial charge is 0.238 e. The fraction of sp³-hybridized carbons (Fsp3) is 0. The van der Waals surface area contributed by atoms with Gasteiger partial charge in [-0.15, -0.1) is 0 Å². The number of hydrogen-bond acceptors (Lipinski definition) is 4. The molecule has 5 heteroatoms. The van der Waals surface area contributed by atoms with Gasteiger partial charge in [-0.25, -0.2) is 4.98 Å². The molecule has 0 bridgehead atoms. The number of hydrogen-bond donors (Lipinski definition) is 0. The van der Waals surface area contributed by atoms with Gasteiger partial charge in [0.2, 0.25) is 5.95 Å². The first-order valence-electron chi connectivity index (χ1n) is 17.6. The van der Waals surface area contributed by atoms with Gasteiger partial charge in [-0.1, -0.05) is 90.8 Å². The minimum atomic E-state index is -0.624. The topological polar surface area (TPSA) is 56.7 Å². The number of rotatable bonds is 3. The summed E-state index contributed by atoms with van der Waals surface area (Å²) in [6.07, 6.45) is 0. The van der Waals surface area contributed by atoms with Crippen LogP contribution in [0.25, 0.3) is 72.5 Å². The highest BCUT2D eigenvalue weighted by atomic mass is 16.3. The Bertz CT molecular complexity index is 2730. The van der Waals surface area contributed by atoms with Gasteiger partial charge in [-0.3, -0.25) is 4.57 Å². The standard InChI is InChI=1S/C33H20N4O/c1-2-10-21(11-3-1)31-34-32(22-18-19-26-25-14-6-9-17-29(25)38-30(26)20-22)36-33(35-31)37-27-15-7-4-12-23(27)24-13-5-8-16-28(24)37/h1-20H/i1D,2D,3D,6D,9D,10D,11D,14D,17D,18D,19D,20D. The predicted octanol–water partition coefficient (Wildman–Crippen LogP) is 8.20. The zero-order valence-corrected chi connectivity index (χ0v) is 19.3. The van der Waals surface area contributed by atoms with Crippen molar-refractivity contribution in [3.8, 4) is 28.7 Å². The third-order valence-corrected chi connectivity index (χ3v) is 6.24. The second-order valence-electron chi connectivity index (χ2n) is 8.41. The summed E-state index contributed by atoms with van der Waals surface area (Å²) in [4.78, 5) is 13.7. The van der Waals surface area contributed by atoms with E-state index in [0.29, 0.717) is 11.0 Å². The minimum Gasteiger partial charge on any atom is -0.456 e. The normalized spacial score (nSPS) is 16.1. The van der Waals surface area contributed by atoms with Crippen molar-refractivity contribution in [1.29, 1.82) is 0 Å². The molecule has 8 aromatic rings. The van der Waals surface area contributed by atoms with E-state index in [0.717, 1.165) is 10.8 Å².